The Labute approximate surface area is 161 Å². The molecule has 1 aliphatic heterocycles. The molecule has 2 saturated carbocycles. The minimum Gasteiger partial charge on any atom is -0.339 e. The molecule has 5 heteroatoms. The van der Waals surface area contributed by atoms with Crippen molar-refractivity contribution in [2.45, 2.75) is 50.6 Å². The van der Waals surface area contributed by atoms with Crippen molar-refractivity contribution < 1.29 is 9.59 Å². The fourth-order valence-corrected chi connectivity index (χ4v) is 4.80. The third-order valence-electron chi connectivity index (χ3n) is 6.71. The molecule has 0 aromatic heterocycles. The van der Waals surface area contributed by atoms with E-state index in [1.807, 2.05) is 9.80 Å². The highest BCUT2D eigenvalue weighted by Gasteiger charge is 2.40. The predicted octanol–water partition coefficient (Wildman–Crippen LogP) is 2.22. The summed E-state index contributed by atoms with van der Waals surface area (Å²) in [5.41, 5.74) is 2.88. The van der Waals surface area contributed by atoms with Crippen LogP contribution in [0.25, 0.3) is 0 Å². The van der Waals surface area contributed by atoms with E-state index in [0.717, 1.165) is 25.7 Å². The summed E-state index contributed by atoms with van der Waals surface area (Å²) in [4.78, 5) is 31.6. The van der Waals surface area contributed by atoms with Crippen molar-refractivity contribution in [3.63, 3.8) is 0 Å². The van der Waals surface area contributed by atoms with E-state index in [1.165, 1.54) is 24.0 Å². The summed E-state index contributed by atoms with van der Waals surface area (Å²) in [5.74, 6) is 0.828. The summed E-state index contributed by atoms with van der Waals surface area (Å²) in [6, 6.07) is 9.70. The summed E-state index contributed by atoms with van der Waals surface area (Å²) < 4.78 is 0. The van der Waals surface area contributed by atoms with E-state index < -0.39 is 0 Å². The number of hydrogen-bond acceptors (Lipinski definition) is 3. The molecule has 1 saturated heterocycles. The van der Waals surface area contributed by atoms with Crippen LogP contribution in [0.3, 0.4) is 0 Å². The van der Waals surface area contributed by atoms with E-state index in [-0.39, 0.29) is 11.8 Å². The first-order valence-electron chi connectivity index (χ1n) is 10.6. The van der Waals surface area contributed by atoms with Crippen LogP contribution in [0.5, 0.6) is 0 Å². The minimum absolute atomic E-state index is 0.241. The van der Waals surface area contributed by atoms with Gasteiger partial charge in [0.05, 0.1) is 6.54 Å². The molecule has 5 nitrogen and oxygen atoms in total. The quantitative estimate of drug-likeness (QED) is 0.802. The van der Waals surface area contributed by atoms with Gasteiger partial charge in [0.2, 0.25) is 11.8 Å². The fourth-order valence-electron chi connectivity index (χ4n) is 4.80. The third-order valence-corrected chi connectivity index (χ3v) is 6.71. The SMILES string of the molecule is O=C(CN(C1CC1)C1CCc2ccccc21)N1CCN(C(=O)C2CC2)CC1. The van der Waals surface area contributed by atoms with Crippen molar-refractivity contribution in [2.75, 3.05) is 32.7 Å². The van der Waals surface area contributed by atoms with Crippen LogP contribution in [0, 0.1) is 5.92 Å². The summed E-state index contributed by atoms with van der Waals surface area (Å²) in [7, 11) is 0. The highest BCUT2D eigenvalue weighted by molar-refractivity contribution is 5.82. The maximum Gasteiger partial charge on any atom is 0.236 e. The molecule has 144 valence electrons. The van der Waals surface area contributed by atoms with Gasteiger partial charge in [-0.1, -0.05) is 24.3 Å². The lowest BCUT2D eigenvalue weighted by Gasteiger charge is -2.37. The molecule has 1 aromatic carbocycles. The molecule has 5 rings (SSSR count). The van der Waals surface area contributed by atoms with Gasteiger partial charge in [-0.2, -0.15) is 0 Å². The lowest BCUT2D eigenvalue weighted by atomic mass is 10.1. The van der Waals surface area contributed by atoms with Crippen LogP contribution in [0.1, 0.15) is 49.3 Å². The van der Waals surface area contributed by atoms with E-state index in [1.54, 1.807) is 0 Å². The van der Waals surface area contributed by atoms with E-state index in [9.17, 15) is 9.59 Å². The number of hydrogen-bond donors (Lipinski definition) is 0. The molecular weight excluding hydrogens is 338 g/mol. The molecule has 2 amide bonds. The Kier molecular flexibility index (Phi) is 4.43. The van der Waals surface area contributed by atoms with Crippen molar-refractivity contribution >= 4 is 11.8 Å². The Bertz CT molecular complexity index is 733. The summed E-state index contributed by atoms with van der Waals surface area (Å²) in [6.45, 7) is 3.32. The van der Waals surface area contributed by atoms with Gasteiger partial charge in [0.25, 0.3) is 0 Å². The Balaban J connectivity index is 1.21. The van der Waals surface area contributed by atoms with E-state index in [0.29, 0.717) is 50.7 Å². The highest BCUT2D eigenvalue weighted by atomic mass is 16.2. The number of fused-ring (bicyclic) bond motifs is 1. The van der Waals surface area contributed by atoms with Crippen LogP contribution in [0.15, 0.2) is 24.3 Å². The maximum absolute atomic E-state index is 13.0. The number of piperazine rings is 1. The molecule has 0 bridgehead atoms. The van der Waals surface area contributed by atoms with Gasteiger partial charge in [0.1, 0.15) is 0 Å². The van der Waals surface area contributed by atoms with Crippen LogP contribution >= 0.6 is 0 Å². The first kappa shape index (κ1) is 17.2. The smallest absolute Gasteiger partial charge is 0.236 e. The van der Waals surface area contributed by atoms with Gasteiger partial charge >= 0.3 is 0 Å². The van der Waals surface area contributed by atoms with Crippen LogP contribution in [-0.4, -0.2) is 65.3 Å². The lowest BCUT2D eigenvalue weighted by Crippen LogP contribution is -2.53. The van der Waals surface area contributed by atoms with E-state index >= 15 is 0 Å². The van der Waals surface area contributed by atoms with Gasteiger partial charge < -0.3 is 9.80 Å². The molecule has 1 unspecified atom stereocenters. The number of rotatable bonds is 5. The summed E-state index contributed by atoms with van der Waals surface area (Å²) in [5, 5.41) is 0. The van der Waals surface area contributed by atoms with Crippen LogP contribution < -0.4 is 0 Å². The number of carbonyl (C=O) groups excluding carboxylic acids is 2. The molecule has 4 aliphatic rings. The van der Waals surface area contributed by atoms with E-state index in [4.69, 9.17) is 0 Å². The largest absolute Gasteiger partial charge is 0.339 e. The fraction of sp³-hybridized carbons (Fsp3) is 0.636. The Morgan fingerprint density at radius 3 is 2.33 bits per heavy atom. The van der Waals surface area contributed by atoms with Gasteiger partial charge in [-0.25, -0.2) is 0 Å². The second-order valence-corrected chi connectivity index (χ2v) is 8.64. The third kappa shape index (κ3) is 3.49. The topological polar surface area (TPSA) is 43.9 Å². The van der Waals surface area contributed by atoms with Crippen molar-refractivity contribution in [3.8, 4) is 0 Å². The summed E-state index contributed by atoms with van der Waals surface area (Å²) >= 11 is 0. The van der Waals surface area contributed by atoms with Crippen LogP contribution in [0.4, 0.5) is 0 Å². The van der Waals surface area contributed by atoms with Crippen molar-refractivity contribution in [3.05, 3.63) is 35.4 Å². The van der Waals surface area contributed by atoms with Crippen molar-refractivity contribution in [1.82, 2.24) is 14.7 Å². The molecule has 0 radical (unpaired) electrons. The average Bonchev–Trinajstić information content (AvgIpc) is 3.62. The molecular formula is C22H29N3O2. The number of carbonyl (C=O) groups is 2. The number of aryl methyl sites for hydroxylation is 1. The number of nitrogens with zero attached hydrogens (tertiary/aromatic N) is 3. The highest BCUT2D eigenvalue weighted by Crippen LogP contribution is 2.41. The van der Waals surface area contributed by atoms with Gasteiger partial charge in [-0.05, 0) is 49.7 Å². The molecule has 1 heterocycles. The normalized spacial score (nSPS) is 25.0. The molecule has 0 spiro atoms. The lowest BCUT2D eigenvalue weighted by molar-refractivity contribution is -0.141. The second kappa shape index (κ2) is 6.93. The predicted molar refractivity (Wildman–Crippen MR) is 103 cm³/mol. The molecule has 3 fully saturated rings. The Hall–Kier alpha value is -1.88. The minimum atomic E-state index is 0.241. The van der Waals surface area contributed by atoms with Gasteiger partial charge in [-0.3, -0.25) is 14.5 Å². The van der Waals surface area contributed by atoms with Gasteiger partial charge in [0.15, 0.2) is 0 Å². The Morgan fingerprint density at radius 1 is 0.926 bits per heavy atom. The van der Waals surface area contributed by atoms with E-state index in [2.05, 4.69) is 29.2 Å². The average molecular weight is 367 g/mol. The zero-order valence-electron chi connectivity index (χ0n) is 16.0. The summed E-state index contributed by atoms with van der Waals surface area (Å²) in [6.07, 6.45) is 6.80. The zero-order valence-corrected chi connectivity index (χ0v) is 16.0. The van der Waals surface area contributed by atoms with Crippen molar-refractivity contribution in [2.24, 2.45) is 5.92 Å². The number of amides is 2. The molecule has 0 N–H and O–H groups in total. The monoisotopic (exact) mass is 367 g/mol. The van der Waals surface area contributed by atoms with Crippen LogP contribution in [0.2, 0.25) is 0 Å². The second-order valence-electron chi connectivity index (χ2n) is 8.64. The maximum atomic E-state index is 13.0. The molecule has 3 aliphatic carbocycles. The standard InChI is InChI=1S/C22H29N3O2/c26-21(23-11-13-24(14-12-23)22(27)17-5-6-17)15-25(18-8-9-18)20-10-7-16-3-1-2-4-19(16)20/h1-4,17-18,20H,5-15H2. The molecule has 1 aromatic rings. The molecule has 1 atom stereocenters. The zero-order chi connectivity index (χ0) is 18.4. The Morgan fingerprint density at radius 2 is 1.63 bits per heavy atom. The van der Waals surface area contributed by atoms with Gasteiger partial charge in [-0.15, -0.1) is 0 Å². The molecule has 27 heavy (non-hydrogen) atoms. The number of benzene rings is 1. The van der Waals surface area contributed by atoms with Gasteiger partial charge in [0, 0.05) is 44.2 Å². The first-order valence-corrected chi connectivity index (χ1v) is 10.6. The first-order chi connectivity index (χ1) is 13.2. The van der Waals surface area contributed by atoms with Crippen LogP contribution in [-0.2, 0) is 16.0 Å². The van der Waals surface area contributed by atoms with Crippen molar-refractivity contribution in [1.29, 1.82) is 0 Å².